The number of aromatic nitrogens is 3. The van der Waals surface area contributed by atoms with E-state index < -0.39 is 11.6 Å². The molecule has 17 heavy (non-hydrogen) atoms. The molecule has 1 aromatic carbocycles. The van der Waals surface area contributed by atoms with Crippen LogP contribution < -0.4 is 5.73 Å². The molecular weight excluding hydrogens is 226 g/mol. The molecule has 2 aromatic rings. The van der Waals surface area contributed by atoms with Crippen LogP contribution in [-0.4, -0.2) is 21.3 Å². The third-order valence-electron chi connectivity index (χ3n) is 2.34. The zero-order valence-electron chi connectivity index (χ0n) is 9.32. The second kappa shape index (κ2) is 4.58. The fraction of sp³-hybridized carbons (Fsp3) is 0.273. The van der Waals surface area contributed by atoms with Crippen molar-refractivity contribution in [1.29, 1.82) is 0 Å². The maximum absolute atomic E-state index is 13.6. The number of nitrogens with two attached hydrogens (primary N) is 1. The molecule has 6 heteroatoms. The van der Waals surface area contributed by atoms with E-state index in [1.807, 2.05) is 0 Å². The molecule has 0 bridgehead atoms. The Balaban J connectivity index is 2.48. The third kappa shape index (κ3) is 2.31. The molecule has 0 spiro atoms. The topological polar surface area (TPSA) is 56.7 Å². The van der Waals surface area contributed by atoms with Crippen molar-refractivity contribution < 1.29 is 8.78 Å². The summed E-state index contributed by atoms with van der Waals surface area (Å²) in [5.41, 5.74) is 5.49. The van der Waals surface area contributed by atoms with E-state index in [4.69, 9.17) is 5.73 Å². The molecule has 2 rings (SSSR count). The Morgan fingerprint density at radius 1 is 1.35 bits per heavy atom. The Morgan fingerprint density at radius 2 is 2.12 bits per heavy atom. The molecule has 4 nitrogen and oxygen atoms in total. The normalized spacial score (nSPS) is 10.8. The number of nitrogens with zero attached hydrogens (tertiary/aromatic N) is 3. The molecule has 0 unspecified atom stereocenters. The van der Waals surface area contributed by atoms with Gasteiger partial charge in [-0.2, -0.15) is 5.10 Å². The van der Waals surface area contributed by atoms with Crippen LogP contribution in [0.4, 0.5) is 8.78 Å². The second-order valence-corrected chi connectivity index (χ2v) is 3.64. The van der Waals surface area contributed by atoms with Crippen LogP contribution in [0, 0.1) is 11.6 Å². The van der Waals surface area contributed by atoms with E-state index in [9.17, 15) is 8.78 Å². The molecule has 2 N–H and O–H groups in total. The zero-order valence-corrected chi connectivity index (χ0v) is 9.32. The van der Waals surface area contributed by atoms with E-state index in [1.54, 1.807) is 7.05 Å². The minimum Gasteiger partial charge on any atom is -0.330 e. The van der Waals surface area contributed by atoms with Crippen LogP contribution in [0.2, 0.25) is 0 Å². The quantitative estimate of drug-likeness (QED) is 0.875. The maximum Gasteiger partial charge on any atom is 0.161 e. The number of hydrogen-bond acceptors (Lipinski definition) is 3. The van der Waals surface area contributed by atoms with Crippen LogP contribution in [0.25, 0.3) is 11.4 Å². The minimum atomic E-state index is -0.527. The van der Waals surface area contributed by atoms with Crippen molar-refractivity contribution in [3.05, 3.63) is 35.7 Å². The van der Waals surface area contributed by atoms with E-state index in [1.165, 1.54) is 4.68 Å². The Morgan fingerprint density at radius 3 is 2.82 bits per heavy atom. The van der Waals surface area contributed by atoms with Crippen molar-refractivity contribution in [1.82, 2.24) is 14.8 Å². The predicted molar refractivity (Wildman–Crippen MR) is 59.1 cm³/mol. The summed E-state index contributed by atoms with van der Waals surface area (Å²) in [6.45, 7) is 0.412. The van der Waals surface area contributed by atoms with Crippen molar-refractivity contribution >= 4 is 0 Å². The lowest BCUT2D eigenvalue weighted by Crippen LogP contribution is -2.04. The van der Waals surface area contributed by atoms with E-state index in [-0.39, 0.29) is 5.56 Å². The molecule has 90 valence electrons. The molecule has 0 aliphatic carbocycles. The first-order valence-electron chi connectivity index (χ1n) is 5.17. The summed E-state index contributed by atoms with van der Waals surface area (Å²) >= 11 is 0. The zero-order chi connectivity index (χ0) is 12.4. The van der Waals surface area contributed by atoms with Crippen molar-refractivity contribution in [2.75, 3.05) is 6.54 Å². The van der Waals surface area contributed by atoms with Gasteiger partial charge in [-0.3, -0.25) is 0 Å². The standard InChI is InChI=1S/C11H12F2N4/c1-17-11(15-10(16-17)4-5-14)8-6-7(12)2-3-9(8)13/h2-3,6H,4-5,14H2,1H3. The van der Waals surface area contributed by atoms with Crippen LogP contribution in [0.5, 0.6) is 0 Å². The Hall–Kier alpha value is -1.82. The van der Waals surface area contributed by atoms with Gasteiger partial charge in [-0.05, 0) is 24.7 Å². The number of aryl methyl sites for hydroxylation is 1. The Labute approximate surface area is 97.1 Å². The molecule has 0 atom stereocenters. The molecular formula is C11H12F2N4. The maximum atomic E-state index is 13.6. The third-order valence-corrected chi connectivity index (χ3v) is 2.34. The van der Waals surface area contributed by atoms with Gasteiger partial charge in [-0.1, -0.05) is 0 Å². The van der Waals surface area contributed by atoms with Gasteiger partial charge >= 0.3 is 0 Å². The average molecular weight is 238 g/mol. The number of benzene rings is 1. The molecule has 1 aromatic heterocycles. The van der Waals surface area contributed by atoms with Gasteiger partial charge in [0.05, 0.1) is 5.56 Å². The van der Waals surface area contributed by atoms with E-state index in [0.717, 1.165) is 18.2 Å². The van der Waals surface area contributed by atoms with Crippen molar-refractivity contribution in [3.63, 3.8) is 0 Å². The lowest BCUT2D eigenvalue weighted by atomic mass is 10.2. The molecule has 0 aliphatic rings. The highest BCUT2D eigenvalue weighted by molar-refractivity contribution is 5.56. The van der Waals surface area contributed by atoms with Gasteiger partial charge in [0.2, 0.25) is 0 Å². The number of rotatable bonds is 3. The molecule has 0 radical (unpaired) electrons. The van der Waals surface area contributed by atoms with Crippen LogP contribution >= 0.6 is 0 Å². The van der Waals surface area contributed by atoms with Crippen LogP contribution in [0.15, 0.2) is 18.2 Å². The second-order valence-electron chi connectivity index (χ2n) is 3.64. The van der Waals surface area contributed by atoms with Gasteiger partial charge in [-0.15, -0.1) is 0 Å². The first-order valence-corrected chi connectivity index (χ1v) is 5.17. The highest BCUT2D eigenvalue weighted by atomic mass is 19.1. The summed E-state index contributed by atoms with van der Waals surface area (Å²) in [6.07, 6.45) is 0.505. The minimum absolute atomic E-state index is 0.100. The Kier molecular flexibility index (Phi) is 3.14. The number of hydrogen-bond donors (Lipinski definition) is 1. The molecule has 1 heterocycles. The van der Waals surface area contributed by atoms with Gasteiger partial charge < -0.3 is 5.73 Å². The van der Waals surface area contributed by atoms with Crippen molar-refractivity contribution in [2.45, 2.75) is 6.42 Å². The van der Waals surface area contributed by atoms with E-state index in [2.05, 4.69) is 10.1 Å². The largest absolute Gasteiger partial charge is 0.330 e. The summed E-state index contributed by atoms with van der Waals surface area (Å²) in [5.74, 6) is -0.218. The first-order chi connectivity index (χ1) is 8.11. The lowest BCUT2D eigenvalue weighted by molar-refractivity contribution is 0.600. The smallest absolute Gasteiger partial charge is 0.161 e. The first kappa shape index (κ1) is 11.7. The SMILES string of the molecule is Cn1nc(CCN)nc1-c1cc(F)ccc1F. The van der Waals surface area contributed by atoms with Gasteiger partial charge in [0.1, 0.15) is 11.6 Å². The van der Waals surface area contributed by atoms with E-state index in [0.29, 0.717) is 24.6 Å². The molecule has 0 saturated carbocycles. The number of halogens is 2. The van der Waals surface area contributed by atoms with E-state index >= 15 is 0 Å². The van der Waals surface area contributed by atoms with Gasteiger partial charge in [-0.25, -0.2) is 18.4 Å². The summed E-state index contributed by atoms with van der Waals surface area (Å²) in [5, 5.41) is 4.08. The average Bonchev–Trinajstić information content (AvgIpc) is 2.64. The molecule has 0 aliphatic heterocycles. The van der Waals surface area contributed by atoms with Crippen molar-refractivity contribution in [3.8, 4) is 11.4 Å². The fourth-order valence-electron chi connectivity index (χ4n) is 1.58. The molecule has 0 fully saturated rings. The fourth-order valence-corrected chi connectivity index (χ4v) is 1.58. The molecule has 0 amide bonds. The van der Waals surface area contributed by atoms with Gasteiger partial charge in [0.15, 0.2) is 11.6 Å². The summed E-state index contributed by atoms with van der Waals surface area (Å²) in [4.78, 5) is 4.14. The summed E-state index contributed by atoms with van der Waals surface area (Å²) in [6, 6.07) is 3.24. The lowest BCUT2D eigenvalue weighted by Gasteiger charge is -2.01. The highest BCUT2D eigenvalue weighted by Crippen LogP contribution is 2.21. The summed E-state index contributed by atoms with van der Waals surface area (Å²) < 4.78 is 28.1. The molecule has 0 saturated heterocycles. The highest BCUT2D eigenvalue weighted by Gasteiger charge is 2.14. The van der Waals surface area contributed by atoms with Crippen LogP contribution in [-0.2, 0) is 13.5 Å². The van der Waals surface area contributed by atoms with Gasteiger partial charge in [0, 0.05) is 13.5 Å². The van der Waals surface area contributed by atoms with Crippen LogP contribution in [0.1, 0.15) is 5.82 Å². The Bertz CT molecular complexity index is 536. The van der Waals surface area contributed by atoms with Crippen LogP contribution in [0.3, 0.4) is 0 Å². The van der Waals surface area contributed by atoms with Crippen molar-refractivity contribution in [2.24, 2.45) is 12.8 Å². The monoisotopic (exact) mass is 238 g/mol. The summed E-state index contributed by atoms with van der Waals surface area (Å²) in [7, 11) is 1.63. The van der Waals surface area contributed by atoms with Gasteiger partial charge in [0.25, 0.3) is 0 Å². The predicted octanol–water partition coefficient (Wildman–Crippen LogP) is 1.26.